The maximum absolute atomic E-state index is 11.6. The zero-order chi connectivity index (χ0) is 14.7. The third kappa shape index (κ3) is 3.66. The topological polar surface area (TPSA) is 55.1 Å². The Kier molecular flexibility index (Phi) is 4.91. The van der Waals surface area contributed by atoms with Gasteiger partial charge in [0.25, 0.3) is 0 Å². The van der Waals surface area contributed by atoms with E-state index >= 15 is 0 Å². The zero-order valence-corrected chi connectivity index (χ0v) is 13.3. The van der Waals surface area contributed by atoms with Gasteiger partial charge < -0.3 is 11.1 Å². The van der Waals surface area contributed by atoms with Crippen LogP contribution in [-0.2, 0) is 4.79 Å². The van der Waals surface area contributed by atoms with Crippen molar-refractivity contribution >= 4 is 50.7 Å². The first-order valence-electron chi connectivity index (χ1n) is 5.74. The summed E-state index contributed by atoms with van der Waals surface area (Å²) in [6, 6.07) is 11.6. The number of halogens is 3. The lowest BCUT2D eigenvalue weighted by molar-refractivity contribution is -0.118. The predicted octanol–water partition coefficient (Wildman–Crippen LogP) is 4.39. The molecular weight excluding hydrogens is 363 g/mol. The summed E-state index contributed by atoms with van der Waals surface area (Å²) in [5.41, 5.74) is 6.88. The number of nitrogens with two attached hydrogens (primary N) is 1. The van der Waals surface area contributed by atoms with Gasteiger partial charge in [0.2, 0.25) is 5.91 Å². The summed E-state index contributed by atoms with van der Waals surface area (Å²) < 4.78 is 0.735. The van der Waals surface area contributed by atoms with Crippen LogP contribution in [0.15, 0.2) is 46.9 Å². The third-order valence-electron chi connectivity index (χ3n) is 2.70. The molecule has 1 atom stereocenters. The Morgan fingerprint density at radius 1 is 1.20 bits per heavy atom. The molecule has 2 rings (SSSR count). The summed E-state index contributed by atoms with van der Waals surface area (Å²) >= 11 is 15.2. The molecule has 0 bridgehead atoms. The first kappa shape index (κ1) is 15.2. The van der Waals surface area contributed by atoms with Crippen molar-refractivity contribution in [1.82, 2.24) is 0 Å². The Hall–Kier alpha value is -1.23. The van der Waals surface area contributed by atoms with Crippen LogP contribution in [-0.4, -0.2) is 5.91 Å². The van der Waals surface area contributed by atoms with Gasteiger partial charge in [0.1, 0.15) is 6.04 Å². The minimum atomic E-state index is -0.665. The van der Waals surface area contributed by atoms with Crippen LogP contribution < -0.4 is 11.1 Å². The number of carbonyl (C=O) groups is 1. The number of hydrogen-bond donors (Lipinski definition) is 2. The highest BCUT2D eigenvalue weighted by Crippen LogP contribution is 2.28. The second kappa shape index (κ2) is 6.48. The Balaban J connectivity index is 2.30. The monoisotopic (exact) mass is 372 g/mol. The van der Waals surface area contributed by atoms with Crippen LogP contribution in [0.1, 0.15) is 11.6 Å². The summed E-state index contributed by atoms with van der Waals surface area (Å²) in [4.78, 5) is 11.6. The van der Waals surface area contributed by atoms with Crippen molar-refractivity contribution in [2.24, 2.45) is 5.73 Å². The standard InChI is InChI=1S/C14H11BrCl2N2O/c15-11-7-10(4-5-12(11)17)19-13(14(18)20)8-2-1-3-9(16)6-8/h1-7,13,19H,(H2,18,20). The van der Waals surface area contributed by atoms with E-state index < -0.39 is 11.9 Å². The second-order valence-corrected chi connectivity index (χ2v) is 5.86. The van der Waals surface area contributed by atoms with Gasteiger partial charge in [-0.2, -0.15) is 0 Å². The van der Waals surface area contributed by atoms with E-state index in [4.69, 9.17) is 28.9 Å². The summed E-state index contributed by atoms with van der Waals surface area (Å²) in [6.07, 6.45) is 0. The van der Waals surface area contributed by atoms with Crippen molar-refractivity contribution in [2.75, 3.05) is 5.32 Å². The Bertz CT molecular complexity index is 649. The maximum atomic E-state index is 11.6. The normalized spacial score (nSPS) is 11.9. The van der Waals surface area contributed by atoms with E-state index in [1.165, 1.54) is 0 Å². The molecule has 2 aromatic carbocycles. The molecule has 0 saturated heterocycles. The highest BCUT2D eigenvalue weighted by Gasteiger charge is 2.18. The van der Waals surface area contributed by atoms with Crippen LogP contribution in [0, 0.1) is 0 Å². The van der Waals surface area contributed by atoms with Crippen LogP contribution in [0.25, 0.3) is 0 Å². The first-order valence-corrected chi connectivity index (χ1v) is 7.28. The average Bonchev–Trinajstić information content (AvgIpc) is 2.39. The molecular formula is C14H11BrCl2N2O. The van der Waals surface area contributed by atoms with Crippen molar-refractivity contribution in [2.45, 2.75) is 6.04 Å². The summed E-state index contributed by atoms with van der Waals surface area (Å²) in [7, 11) is 0. The number of hydrogen-bond acceptors (Lipinski definition) is 2. The molecule has 0 aliphatic carbocycles. The average molecular weight is 374 g/mol. The Labute approximate surface area is 135 Å². The highest BCUT2D eigenvalue weighted by molar-refractivity contribution is 9.10. The third-order valence-corrected chi connectivity index (χ3v) is 4.15. The fourth-order valence-electron chi connectivity index (χ4n) is 1.76. The van der Waals surface area contributed by atoms with Gasteiger partial charge in [-0.3, -0.25) is 4.79 Å². The van der Waals surface area contributed by atoms with Gasteiger partial charge in [-0.1, -0.05) is 35.3 Å². The number of benzene rings is 2. The summed E-state index contributed by atoms with van der Waals surface area (Å²) in [5, 5.41) is 4.21. The molecule has 0 radical (unpaired) electrons. The van der Waals surface area contributed by atoms with Crippen LogP contribution in [0.2, 0.25) is 10.0 Å². The molecule has 3 N–H and O–H groups in total. The van der Waals surface area contributed by atoms with Crippen molar-refractivity contribution in [3.05, 3.63) is 62.5 Å². The molecule has 0 aliphatic heterocycles. The minimum Gasteiger partial charge on any atom is -0.370 e. The molecule has 0 fully saturated rings. The van der Waals surface area contributed by atoms with E-state index in [1.807, 2.05) is 0 Å². The molecule has 1 amide bonds. The number of rotatable bonds is 4. The lowest BCUT2D eigenvalue weighted by atomic mass is 10.1. The molecule has 20 heavy (non-hydrogen) atoms. The predicted molar refractivity (Wildman–Crippen MR) is 86.2 cm³/mol. The molecule has 3 nitrogen and oxygen atoms in total. The van der Waals surface area contributed by atoms with E-state index in [-0.39, 0.29) is 0 Å². The minimum absolute atomic E-state index is 0.488. The maximum Gasteiger partial charge on any atom is 0.244 e. The van der Waals surface area contributed by atoms with Crippen LogP contribution in [0.5, 0.6) is 0 Å². The fraction of sp³-hybridized carbons (Fsp3) is 0.0714. The molecule has 104 valence electrons. The lowest BCUT2D eigenvalue weighted by Crippen LogP contribution is -2.27. The van der Waals surface area contributed by atoms with E-state index in [1.54, 1.807) is 42.5 Å². The molecule has 0 aliphatic rings. The molecule has 0 aromatic heterocycles. The Morgan fingerprint density at radius 2 is 1.95 bits per heavy atom. The molecule has 0 heterocycles. The van der Waals surface area contributed by atoms with Gasteiger partial charge in [0.05, 0.1) is 5.02 Å². The Morgan fingerprint density at radius 3 is 2.55 bits per heavy atom. The van der Waals surface area contributed by atoms with Crippen molar-refractivity contribution < 1.29 is 4.79 Å². The largest absolute Gasteiger partial charge is 0.370 e. The molecule has 0 saturated carbocycles. The highest BCUT2D eigenvalue weighted by atomic mass is 79.9. The quantitative estimate of drug-likeness (QED) is 0.834. The van der Waals surface area contributed by atoms with Crippen LogP contribution >= 0.6 is 39.1 Å². The number of nitrogens with one attached hydrogen (secondary N) is 1. The van der Waals surface area contributed by atoms with Crippen molar-refractivity contribution in [3.8, 4) is 0 Å². The smallest absolute Gasteiger partial charge is 0.244 e. The fourth-order valence-corrected chi connectivity index (χ4v) is 2.45. The molecule has 1 unspecified atom stereocenters. The van der Waals surface area contributed by atoms with E-state index in [9.17, 15) is 4.79 Å². The van der Waals surface area contributed by atoms with Gasteiger partial charge in [0.15, 0.2) is 0 Å². The van der Waals surface area contributed by atoms with Gasteiger partial charge >= 0.3 is 0 Å². The number of amides is 1. The molecule has 2 aromatic rings. The zero-order valence-electron chi connectivity index (χ0n) is 10.2. The summed E-state index contributed by atoms with van der Waals surface area (Å²) in [5.74, 6) is -0.488. The summed E-state index contributed by atoms with van der Waals surface area (Å²) in [6.45, 7) is 0. The van der Waals surface area contributed by atoms with E-state index in [0.29, 0.717) is 15.6 Å². The molecule has 0 spiro atoms. The van der Waals surface area contributed by atoms with Crippen LogP contribution in [0.4, 0.5) is 5.69 Å². The lowest BCUT2D eigenvalue weighted by Gasteiger charge is -2.17. The number of primary amides is 1. The van der Waals surface area contributed by atoms with Crippen molar-refractivity contribution in [3.63, 3.8) is 0 Å². The second-order valence-electron chi connectivity index (χ2n) is 4.16. The van der Waals surface area contributed by atoms with Crippen LogP contribution in [0.3, 0.4) is 0 Å². The van der Waals surface area contributed by atoms with Gasteiger partial charge in [-0.15, -0.1) is 0 Å². The van der Waals surface area contributed by atoms with Crippen molar-refractivity contribution in [1.29, 1.82) is 0 Å². The van der Waals surface area contributed by atoms with E-state index in [2.05, 4.69) is 21.2 Å². The first-order chi connectivity index (χ1) is 9.47. The van der Waals surface area contributed by atoms with E-state index in [0.717, 1.165) is 10.2 Å². The van der Waals surface area contributed by atoms with Gasteiger partial charge in [-0.25, -0.2) is 0 Å². The van der Waals surface area contributed by atoms with Gasteiger partial charge in [-0.05, 0) is 51.8 Å². The SMILES string of the molecule is NC(=O)C(Nc1ccc(Cl)c(Br)c1)c1cccc(Cl)c1. The number of anilines is 1. The molecule has 6 heteroatoms. The van der Waals surface area contributed by atoms with Gasteiger partial charge in [0, 0.05) is 15.2 Å². The number of carbonyl (C=O) groups excluding carboxylic acids is 1.